The van der Waals surface area contributed by atoms with E-state index in [1.807, 2.05) is 19.3 Å². The van der Waals surface area contributed by atoms with Gasteiger partial charge < -0.3 is 5.32 Å². The lowest BCUT2D eigenvalue weighted by Crippen LogP contribution is -2.30. The highest BCUT2D eigenvalue weighted by atomic mass is 15.1. The largest absolute Gasteiger partial charge is 0.355 e. The van der Waals surface area contributed by atoms with Crippen molar-refractivity contribution in [3.8, 4) is 0 Å². The molecule has 3 rings (SSSR count). The maximum Gasteiger partial charge on any atom is 0.222 e. The average Bonchev–Trinajstić information content (AvgIpc) is 2.49. The second-order valence-corrected chi connectivity index (χ2v) is 5.17. The minimum atomic E-state index is 0.709. The van der Waals surface area contributed by atoms with Crippen molar-refractivity contribution in [3.63, 3.8) is 0 Å². The number of anilines is 1. The first-order chi connectivity index (χ1) is 9.85. The van der Waals surface area contributed by atoms with Crippen LogP contribution < -0.4 is 5.32 Å². The molecule has 20 heavy (non-hydrogen) atoms. The molecular weight excluding hydrogens is 248 g/mol. The zero-order valence-electron chi connectivity index (χ0n) is 11.8. The van der Waals surface area contributed by atoms with Crippen molar-refractivity contribution in [2.45, 2.75) is 26.4 Å². The van der Waals surface area contributed by atoms with Gasteiger partial charge in [0.15, 0.2) is 0 Å². The number of hydrogen-bond donors (Lipinski definition) is 1. The molecule has 0 spiro atoms. The molecule has 1 aromatic heterocycles. The summed E-state index contributed by atoms with van der Waals surface area (Å²) in [6.45, 7) is 5.93. The van der Waals surface area contributed by atoms with Gasteiger partial charge in [0.05, 0.1) is 0 Å². The van der Waals surface area contributed by atoms with Crippen LogP contribution in [0.15, 0.2) is 36.7 Å². The van der Waals surface area contributed by atoms with Crippen LogP contribution in [0.5, 0.6) is 0 Å². The molecule has 0 radical (unpaired) electrons. The molecule has 0 saturated heterocycles. The first-order valence-corrected chi connectivity index (χ1v) is 7.19. The van der Waals surface area contributed by atoms with E-state index in [4.69, 9.17) is 0 Å². The van der Waals surface area contributed by atoms with Crippen LogP contribution in [0.1, 0.15) is 23.6 Å². The normalized spacial score (nSPS) is 14.8. The Morgan fingerprint density at radius 2 is 1.90 bits per heavy atom. The summed E-state index contributed by atoms with van der Waals surface area (Å²) in [4.78, 5) is 11.1. The average molecular weight is 268 g/mol. The van der Waals surface area contributed by atoms with Crippen LogP contribution in [0.3, 0.4) is 0 Å². The quantitative estimate of drug-likeness (QED) is 0.925. The molecule has 1 aromatic carbocycles. The lowest BCUT2D eigenvalue weighted by molar-refractivity contribution is 0.245. The Balaban J connectivity index is 1.64. The zero-order chi connectivity index (χ0) is 13.8. The molecular formula is C16H20N4. The monoisotopic (exact) mass is 268 g/mol. The van der Waals surface area contributed by atoms with E-state index in [0.29, 0.717) is 5.95 Å². The fourth-order valence-electron chi connectivity index (χ4n) is 2.63. The van der Waals surface area contributed by atoms with Crippen molar-refractivity contribution in [1.29, 1.82) is 0 Å². The fourth-order valence-corrected chi connectivity index (χ4v) is 2.63. The molecule has 0 amide bonds. The third-order valence-electron chi connectivity index (χ3n) is 3.66. The number of aromatic nitrogens is 2. The third kappa shape index (κ3) is 2.96. The Hall–Kier alpha value is -1.94. The van der Waals surface area contributed by atoms with Gasteiger partial charge in [0.2, 0.25) is 5.95 Å². The molecule has 0 bridgehead atoms. The van der Waals surface area contributed by atoms with Gasteiger partial charge in [-0.15, -0.1) is 0 Å². The molecule has 2 aromatic rings. The fraction of sp³-hybridized carbons (Fsp3) is 0.375. The molecule has 1 aliphatic rings. The van der Waals surface area contributed by atoms with E-state index in [1.54, 1.807) is 0 Å². The molecule has 0 aliphatic carbocycles. The number of hydrogen-bond acceptors (Lipinski definition) is 4. The number of rotatable bonds is 4. The number of benzene rings is 1. The van der Waals surface area contributed by atoms with Crippen LogP contribution in [0.2, 0.25) is 0 Å². The Kier molecular flexibility index (Phi) is 3.92. The second kappa shape index (κ2) is 6.01. The topological polar surface area (TPSA) is 41.1 Å². The Bertz CT molecular complexity index is 565. The Morgan fingerprint density at radius 3 is 2.65 bits per heavy atom. The molecule has 4 nitrogen and oxygen atoms in total. The summed E-state index contributed by atoms with van der Waals surface area (Å²) in [6.07, 6.45) is 4.98. The van der Waals surface area contributed by atoms with Crippen molar-refractivity contribution in [2.24, 2.45) is 0 Å². The molecule has 0 atom stereocenters. The minimum Gasteiger partial charge on any atom is -0.355 e. The summed E-state index contributed by atoms with van der Waals surface area (Å²) in [5.74, 6) is 0.709. The summed E-state index contributed by atoms with van der Waals surface area (Å²) in [5, 5.41) is 3.12. The highest BCUT2D eigenvalue weighted by Gasteiger charge is 2.15. The Labute approximate surface area is 119 Å². The number of nitrogens with one attached hydrogen (secondary N) is 1. The molecule has 0 saturated carbocycles. The summed E-state index contributed by atoms with van der Waals surface area (Å²) in [5.41, 5.74) is 4.11. The standard InChI is InChI=1S/C16H20N4/c1-2-17-16-18-9-13(10-19-16)11-20-8-7-14-5-3-4-6-15(14)12-20/h3-6,9-10H,2,7-8,11-12H2,1H3,(H,17,18,19). The van der Waals surface area contributed by atoms with Crippen LogP contribution in [-0.4, -0.2) is 28.0 Å². The van der Waals surface area contributed by atoms with Gasteiger partial charge in [0, 0.05) is 44.1 Å². The van der Waals surface area contributed by atoms with Gasteiger partial charge in [-0.3, -0.25) is 4.90 Å². The van der Waals surface area contributed by atoms with Crippen molar-refractivity contribution in [3.05, 3.63) is 53.3 Å². The smallest absolute Gasteiger partial charge is 0.222 e. The summed E-state index contributed by atoms with van der Waals surface area (Å²) >= 11 is 0. The minimum absolute atomic E-state index is 0.709. The van der Waals surface area contributed by atoms with E-state index in [1.165, 1.54) is 16.7 Å². The molecule has 104 valence electrons. The number of nitrogens with zero attached hydrogens (tertiary/aromatic N) is 3. The lowest BCUT2D eigenvalue weighted by atomic mass is 10.00. The van der Waals surface area contributed by atoms with E-state index in [9.17, 15) is 0 Å². The van der Waals surface area contributed by atoms with E-state index < -0.39 is 0 Å². The number of fused-ring (bicyclic) bond motifs is 1. The van der Waals surface area contributed by atoms with Crippen molar-refractivity contribution >= 4 is 5.95 Å². The van der Waals surface area contributed by atoms with Crippen molar-refractivity contribution < 1.29 is 0 Å². The molecule has 2 heterocycles. The first-order valence-electron chi connectivity index (χ1n) is 7.19. The van der Waals surface area contributed by atoms with Crippen LogP contribution in [0, 0.1) is 0 Å². The molecule has 1 N–H and O–H groups in total. The van der Waals surface area contributed by atoms with E-state index in [2.05, 4.69) is 44.5 Å². The first kappa shape index (κ1) is 13.1. The van der Waals surface area contributed by atoms with Gasteiger partial charge in [-0.2, -0.15) is 0 Å². The SMILES string of the molecule is CCNc1ncc(CN2CCc3ccccc3C2)cn1. The maximum atomic E-state index is 4.33. The van der Waals surface area contributed by atoms with Gasteiger partial charge >= 0.3 is 0 Å². The third-order valence-corrected chi connectivity index (χ3v) is 3.66. The van der Waals surface area contributed by atoms with Gasteiger partial charge in [0.25, 0.3) is 0 Å². The summed E-state index contributed by atoms with van der Waals surface area (Å²) < 4.78 is 0. The highest BCUT2D eigenvalue weighted by Crippen LogP contribution is 2.19. The predicted octanol–water partition coefficient (Wildman–Crippen LogP) is 2.47. The molecule has 4 heteroatoms. The highest BCUT2D eigenvalue weighted by molar-refractivity contribution is 5.29. The van der Waals surface area contributed by atoms with Gasteiger partial charge in [0.1, 0.15) is 0 Å². The van der Waals surface area contributed by atoms with Crippen LogP contribution in [-0.2, 0) is 19.5 Å². The summed E-state index contributed by atoms with van der Waals surface area (Å²) in [6, 6.07) is 8.71. The molecule has 0 fully saturated rings. The van der Waals surface area contributed by atoms with Gasteiger partial charge in [-0.1, -0.05) is 24.3 Å². The Morgan fingerprint density at radius 1 is 1.15 bits per heavy atom. The molecule has 1 aliphatic heterocycles. The lowest BCUT2D eigenvalue weighted by Gasteiger charge is -2.28. The maximum absolute atomic E-state index is 4.33. The van der Waals surface area contributed by atoms with Crippen molar-refractivity contribution in [2.75, 3.05) is 18.4 Å². The second-order valence-electron chi connectivity index (χ2n) is 5.17. The van der Waals surface area contributed by atoms with Gasteiger partial charge in [-0.05, 0) is 24.5 Å². The van der Waals surface area contributed by atoms with Crippen LogP contribution >= 0.6 is 0 Å². The van der Waals surface area contributed by atoms with Crippen molar-refractivity contribution in [1.82, 2.24) is 14.9 Å². The summed E-state index contributed by atoms with van der Waals surface area (Å²) in [7, 11) is 0. The van der Waals surface area contributed by atoms with Gasteiger partial charge in [-0.25, -0.2) is 9.97 Å². The molecule has 0 unspecified atom stereocenters. The van der Waals surface area contributed by atoms with Crippen LogP contribution in [0.25, 0.3) is 0 Å². The van der Waals surface area contributed by atoms with E-state index >= 15 is 0 Å². The zero-order valence-corrected chi connectivity index (χ0v) is 11.8. The van der Waals surface area contributed by atoms with E-state index in [-0.39, 0.29) is 0 Å². The predicted molar refractivity (Wildman–Crippen MR) is 80.5 cm³/mol. The van der Waals surface area contributed by atoms with E-state index in [0.717, 1.165) is 32.6 Å². The van der Waals surface area contributed by atoms with Crippen LogP contribution in [0.4, 0.5) is 5.95 Å².